The standard InChI is InChI=1S/C14H18N2/c1-5-7-8-12(6-2)14-10-15-13(9-16-14)11(3)4/h5-11H,1H2,2-4H3/b8-7-,12-6+. The second-order valence-electron chi connectivity index (χ2n) is 3.82. The second-order valence-corrected chi connectivity index (χ2v) is 3.82. The number of allylic oxidation sites excluding steroid dienone is 5. The monoisotopic (exact) mass is 214 g/mol. The fraction of sp³-hybridized carbons (Fsp3) is 0.286. The van der Waals surface area contributed by atoms with Gasteiger partial charge in [0.15, 0.2) is 0 Å². The Hall–Kier alpha value is -1.70. The first-order valence-corrected chi connectivity index (χ1v) is 5.46. The summed E-state index contributed by atoms with van der Waals surface area (Å²) < 4.78 is 0. The molecule has 0 radical (unpaired) electrons. The van der Waals surface area contributed by atoms with E-state index < -0.39 is 0 Å². The topological polar surface area (TPSA) is 25.8 Å². The van der Waals surface area contributed by atoms with E-state index in [4.69, 9.17) is 0 Å². The number of nitrogens with zero attached hydrogens (tertiary/aromatic N) is 2. The molecule has 0 aliphatic heterocycles. The van der Waals surface area contributed by atoms with Crippen molar-refractivity contribution >= 4 is 5.57 Å². The van der Waals surface area contributed by atoms with Crippen LogP contribution in [0.2, 0.25) is 0 Å². The van der Waals surface area contributed by atoms with Gasteiger partial charge in [0.1, 0.15) is 0 Å². The summed E-state index contributed by atoms with van der Waals surface area (Å²) in [4.78, 5) is 8.80. The maximum absolute atomic E-state index is 4.41. The highest BCUT2D eigenvalue weighted by molar-refractivity contribution is 5.71. The predicted octanol–water partition coefficient (Wildman–Crippen LogP) is 3.75. The van der Waals surface area contributed by atoms with Gasteiger partial charge >= 0.3 is 0 Å². The third kappa shape index (κ3) is 3.16. The van der Waals surface area contributed by atoms with Crippen molar-refractivity contribution in [2.75, 3.05) is 0 Å². The summed E-state index contributed by atoms with van der Waals surface area (Å²) in [6.07, 6.45) is 11.3. The molecule has 0 atom stereocenters. The largest absolute Gasteiger partial charge is 0.257 e. The van der Waals surface area contributed by atoms with E-state index in [1.54, 1.807) is 6.08 Å². The lowest BCUT2D eigenvalue weighted by molar-refractivity contribution is 0.810. The second kappa shape index (κ2) is 6.01. The van der Waals surface area contributed by atoms with Crippen LogP contribution < -0.4 is 0 Å². The van der Waals surface area contributed by atoms with E-state index >= 15 is 0 Å². The molecule has 0 bridgehead atoms. The predicted molar refractivity (Wildman–Crippen MR) is 69.1 cm³/mol. The molecular formula is C14H18N2. The first kappa shape index (κ1) is 12.4. The fourth-order valence-corrected chi connectivity index (χ4v) is 1.29. The maximum atomic E-state index is 4.41. The van der Waals surface area contributed by atoms with Crippen LogP contribution in [0.15, 0.2) is 43.3 Å². The minimum absolute atomic E-state index is 0.416. The van der Waals surface area contributed by atoms with Gasteiger partial charge in [-0.1, -0.05) is 44.7 Å². The molecule has 0 saturated carbocycles. The van der Waals surface area contributed by atoms with Crippen LogP contribution in [0.4, 0.5) is 0 Å². The Morgan fingerprint density at radius 1 is 1.31 bits per heavy atom. The summed E-state index contributed by atoms with van der Waals surface area (Å²) in [5.74, 6) is 0.416. The van der Waals surface area contributed by atoms with Crippen molar-refractivity contribution in [1.82, 2.24) is 9.97 Å². The first-order chi connectivity index (χ1) is 7.69. The molecule has 0 amide bonds. The Morgan fingerprint density at radius 2 is 2.06 bits per heavy atom. The average molecular weight is 214 g/mol. The van der Waals surface area contributed by atoms with E-state index in [-0.39, 0.29) is 0 Å². The van der Waals surface area contributed by atoms with E-state index in [0.717, 1.165) is 17.0 Å². The van der Waals surface area contributed by atoms with Crippen molar-refractivity contribution in [2.45, 2.75) is 26.7 Å². The SMILES string of the molecule is C=C/C=C\C(=C/C)c1cnc(C(C)C)cn1. The van der Waals surface area contributed by atoms with E-state index in [0.29, 0.717) is 5.92 Å². The van der Waals surface area contributed by atoms with Gasteiger partial charge in [0.05, 0.1) is 17.6 Å². The minimum Gasteiger partial charge on any atom is -0.257 e. The summed E-state index contributed by atoms with van der Waals surface area (Å²) in [5, 5.41) is 0. The third-order valence-corrected chi connectivity index (χ3v) is 2.28. The highest BCUT2D eigenvalue weighted by atomic mass is 14.8. The Morgan fingerprint density at radius 3 is 2.50 bits per heavy atom. The van der Waals surface area contributed by atoms with Crippen molar-refractivity contribution in [3.05, 3.63) is 54.7 Å². The Bertz CT molecular complexity index is 397. The van der Waals surface area contributed by atoms with Crippen LogP contribution in [0.25, 0.3) is 5.57 Å². The zero-order valence-corrected chi connectivity index (χ0v) is 10.1. The van der Waals surface area contributed by atoms with Crippen LogP contribution >= 0.6 is 0 Å². The van der Waals surface area contributed by atoms with Gasteiger partial charge in [-0.15, -0.1) is 0 Å². The minimum atomic E-state index is 0.416. The molecule has 84 valence electrons. The molecule has 2 heteroatoms. The van der Waals surface area contributed by atoms with Crippen LogP contribution in [0, 0.1) is 0 Å². The van der Waals surface area contributed by atoms with Gasteiger partial charge in [0.2, 0.25) is 0 Å². The number of hydrogen-bond donors (Lipinski definition) is 0. The van der Waals surface area contributed by atoms with Gasteiger partial charge in [0.25, 0.3) is 0 Å². The lowest BCUT2D eigenvalue weighted by Gasteiger charge is -2.05. The van der Waals surface area contributed by atoms with Gasteiger partial charge < -0.3 is 0 Å². The van der Waals surface area contributed by atoms with Gasteiger partial charge in [-0.05, 0) is 18.4 Å². The molecule has 16 heavy (non-hydrogen) atoms. The third-order valence-electron chi connectivity index (χ3n) is 2.28. The molecule has 0 unspecified atom stereocenters. The van der Waals surface area contributed by atoms with Crippen molar-refractivity contribution in [3.63, 3.8) is 0 Å². The normalized spacial score (nSPS) is 12.4. The molecule has 1 heterocycles. The average Bonchev–Trinajstić information content (AvgIpc) is 2.30. The Labute approximate surface area is 97.5 Å². The molecule has 0 aliphatic carbocycles. The number of hydrogen-bond acceptors (Lipinski definition) is 2. The molecule has 0 aromatic carbocycles. The molecule has 0 aliphatic rings. The molecule has 1 aromatic heterocycles. The van der Waals surface area contributed by atoms with E-state index in [1.807, 2.05) is 37.5 Å². The highest BCUT2D eigenvalue weighted by Gasteiger charge is 2.03. The van der Waals surface area contributed by atoms with Crippen LogP contribution in [0.3, 0.4) is 0 Å². The number of rotatable bonds is 4. The lowest BCUT2D eigenvalue weighted by Crippen LogP contribution is -1.96. The lowest BCUT2D eigenvalue weighted by atomic mass is 10.1. The Kier molecular flexibility index (Phi) is 4.65. The summed E-state index contributed by atoms with van der Waals surface area (Å²) in [6.45, 7) is 9.85. The Balaban J connectivity index is 2.96. The van der Waals surface area contributed by atoms with E-state index in [9.17, 15) is 0 Å². The highest BCUT2D eigenvalue weighted by Crippen LogP contribution is 2.15. The van der Waals surface area contributed by atoms with Crippen molar-refractivity contribution in [1.29, 1.82) is 0 Å². The molecular weight excluding hydrogens is 196 g/mol. The summed E-state index contributed by atoms with van der Waals surface area (Å²) in [6, 6.07) is 0. The van der Waals surface area contributed by atoms with Crippen molar-refractivity contribution in [3.8, 4) is 0 Å². The summed E-state index contributed by atoms with van der Waals surface area (Å²) in [7, 11) is 0. The van der Waals surface area contributed by atoms with Crippen molar-refractivity contribution < 1.29 is 0 Å². The molecule has 1 aromatic rings. The molecule has 0 saturated heterocycles. The summed E-state index contributed by atoms with van der Waals surface area (Å²) in [5.41, 5.74) is 2.97. The molecule has 2 nitrogen and oxygen atoms in total. The van der Waals surface area contributed by atoms with Gasteiger partial charge in [0, 0.05) is 6.20 Å². The van der Waals surface area contributed by atoms with Crippen LogP contribution in [0.1, 0.15) is 38.1 Å². The van der Waals surface area contributed by atoms with E-state index in [1.165, 1.54) is 0 Å². The van der Waals surface area contributed by atoms with Gasteiger partial charge in [-0.2, -0.15) is 0 Å². The van der Waals surface area contributed by atoms with Gasteiger partial charge in [-0.3, -0.25) is 9.97 Å². The summed E-state index contributed by atoms with van der Waals surface area (Å²) >= 11 is 0. The quantitative estimate of drug-likeness (QED) is 0.713. The fourth-order valence-electron chi connectivity index (χ4n) is 1.29. The zero-order chi connectivity index (χ0) is 12.0. The van der Waals surface area contributed by atoms with Crippen LogP contribution in [-0.2, 0) is 0 Å². The smallest absolute Gasteiger partial charge is 0.0882 e. The van der Waals surface area contributed by atoms with Crippen LogP contribution in [0.5, 0.6) is 0 Å². The molecule has 0 N–H and O–H groups in total. The molecule has 0 fully saturated rings. The maximum Gasteiger partial charge on any atom is 0.0882 e. The molecule has 1 rings (SSSR count). The molecule has 0 spiro atoms. The van der Waals surface area contributed by atoms with Crippen LogP contribution in [-0.4, -0.2) is 9.97 Å². The van der Waals surface area contributed by atoms with E-state index in [2.05, 4.69) is 30.4 Å². The van der Waals surface area contributed by atoms with Gasteiger partial charge in [-0.25, -0.2) is 0 Å². The first-order valence-electron chi connectivity index (χ1n) is 5.46. The van der Waals surface area contributed by atoms with Crippen molar-refractivity contribution in [2.24, 2.45) is 0 Å². The zero-order valence-electron chi connectivity index (χ0n) is 10.1. The number of aromatic nitrogens is 2.